The zero-order valence-corrected chi connectivity index (χ0v) is 17.7. The van der Waals surface area contributed by atoms with Crippen LogP contribution in [0.4, 0.5) is 11.6 Å². The third-order valence-corrected chi connectivity index (χ3v) is 4.86. The van der Waals surface area contributed by atoms with Crippen LogP contribution in [0.25, 0.3) is 0 Å². The van der Waals surface area contributed by atoms with Crippen molar-refractivity contribution in [2.75, 3.05) is 24.6 Å². The molecule has 3 rings (SSSR count). The molecule has 0 radical (unpaired) electrons. The highest BCUT2D eigenvalue weighted by molar-refractivity contribution is 6.31. The fraction of sp³-hybridized carbons (Fsp3) is 0.300. The molecular weight excluding hydrogens is 418 g/mol. The summed E-state index contributed by atoms with van der Waals surface area (Å²) < 4.78 is 0. The van der Waals surface area contributed by atoms with Crippen molar-refractivity contribution in [1.82, 2.24) is 31.2 Å². The van der Waals surface area contributed by atoms with E-state index in [1.165, 1.54) is 5.56 Å². The van der Waals surface area contributed by atoms with E-state index >= 15 is 0 Å². The smallest absolute Gasteiger partial charge is 0.280 e. The minimum absolute atomic E-state index is 0.0290. The Bertz CT molecular complexity index is 965. The third kappa shape index (κ3) is 6.48. The van der Waals surface area contributed by atoms with E-state index in [1.807, 2.05) is 18.2 Å². The van der Waals surface area contributed by atoms with Crippen LogP contribution in [-0.4, -0.2) is 41.0 Å². The lowest BCUT2D eigenvalue weighted by Crippen LogP contribution is -2.42. The van der Waals surface area contributed by atoms with Crippen molar-refractivity contribution in [2.45, 2.75) is 25.4 Å². The average Bonchev–Trinajstić information content (AvgIpc) is 3.20. The number of nitrogen functional groups attached to an aromatic ring is 2. The summed E-state index contributed by atoms with van der Waals surface area (Å²) >= 11 is 5.82. The van der Waals surface area contributed by atoms with Crippen molar-refractivity contribution >= 4 is 35.1 Å². The van der Waals surface area contributed by atoms with Crippen LogP contribution in [-0.2, 0) is 6.54 Å². The highest BCUT2D eigenvalue weighted by Gasteiger charge is 2.22. The molecule has 164 valence electrons. The number of halogens is 1. The van der Waals surface area contributed by atoms with Gasteiger partial charge in [0.1, 0.15) is 0 Å². The number of amides is 1. The SMILES string of the molecule is C=C(NCCC[C@H]1CN=C(NC(=O)c2nc(Cl)c(N)nc2N)N1)NCc1ccccc1. The summed E-state index contributed by atoms with van der Waals surface area (Å²) in [6, 6.07) is 10.3. The predicted molar refractivity (Wildman–Crippen MR) is 122 cm³/mol. The molecule has 0 saturated carbocycles. The molecule has 0 unspecified atom stereocenters. The molecule has 11 heteroatoms. The van der Waals surface area contributed by atoms with Crippen molar-refractivity contribution < 1.29 is 4.79 Å². The summed E-state index contributed by atoms with van der Waals surface area (Å²) in [7, 11) is 0. The van der Waals surface area contributed by atoms with Gasteiger partial charge in [-0.2, -0.15) is 0 Å². The zero-order chi connectivity index (χ0) is 22.2. The monoisotopic (exact) mass is 443 g/mol. The average molecular weight is 444 g/mol. The number of benzene rings is 1. The van der Waals surface area contributed by atoms with Gasteiger partial charge < -0.3 is 27.4 Å². The van der Waals surface area contributed by atoms with Crippen molar-refractivity contribution in [3.8, 4) is 0 Å². The highest BCUT2D eigenvalue weighted by atomic mass is 35.5. The van der Waals surface area contributed by atoms with Crippen molar-refractivity contribution in [3.05, 3.63) is 59.1 Å². The molecule has 0 aliphatic carbocycles. The van der Waals surface area contributed by atoms with E-state index in [-0.39, 0.29) is 28.5 Å². The second-order valence-corrected chi connectivity index (χ2v) is 7.36. The maximum Gasteiger partial charge on any atom is 0.280 e. The van der Waals surface area contributed by atoms with E-state index in [0.717, 1.165) is 31.8 Å². The van der Waals surface area contributed by atoms with Gasteiger partial charge in [0.05, 0.1) is 12.4 Å². The number of carbonyl (C=O) groups is 1. The van der Waals surface area contributed by atoms with Crippen LogP contribution in [0.3, 0.4) is 0 Å². The molecule has 10 nitrogen and oxygen atoms in total. The molecule has 1 aliphatic rings. The van der Waals surface area contributed by atoms with Crippen LogP contribution >= 0.6 is 11.6 Å². The second kappa shape index (κ2) is 10.5. The van der Waals surface area contributed by atoms with Crippen LogP contribution in [0.5, 0.6) is 0 Å². The molecule has 31 heavy (non-hydrogen) atoms. The van der Waals surface area contributed by atoms with Gasteiger partial charge in [-0.3, -0.25) is 15.1 Å². The number of aromatic nitrogens is 2. The first-order chi connectivity index (χ1) is 14.9. The van der Waals surface area contributed by atoms with E-state index in [2.05, 4.69) is 54.9 Å². The van der Waals surface area contributed by atoms with Crippen molar-refractivity contribution in [3.63, 3.8) is 0 Å². The Morgan fingerprint density at radius 1 is 1.19 bits per heavy atom. The van der Waals surface area contributed by atoms with Crippen LogP contribution in [0.15, 0.2) is 47.7 Å². The molecule has 0 spiro atoms. The summed E-state index contributed by atoms with van der Waals surface area (Å²) in [5, 5.41) is 12.3. The lowest BCUT2D eigenvalue weighted by Gasteiger charge is -2.15. The van der Waals surface area contributed by atoms with Crippen LogP contribution in [0.2, 0.25) is 5.15 Å². The number of nitrogens with zero attached hydrogens (tertiary/aromatic N) is 3. The van der Waals surface area contributed by atoms with Crippen molar-refractivity contribution in [1.29, 1.82) is 0 Å². The summed E-state index contributed by atoms with van der Waals surface area (Å²) in [5.41, 5.74) is 12.3. The molecule has 8 N–H and O–H groups in total. The molecule has 2 heterocycles. The van der Waals surface area contributed by atoms with E-state index in [9.17, 15) is 4.79 Å². The van der Waals surface area contributed by atoms with Gasteiger partial charge in [-0.25, -0.2) is 9.97 Å². The molecular formula is C20H26ClN9O. The van der Waals surface area contributed by atoms with Gasteiger partial charge in [-0.1, -0.05) is 48.5 Å². The Morgan fingerprint density at radius 3 is 2.74 bits per heavy atom. The Kier molecular flexibility index (Phi) is 7.50. The fourth-order valence-electron chi connectivity index (χ4n) is 2.96. The largest absolute Gasteiger partial charge is 0.382 e. The minimum Gasteiger partial charge on any atom is -0.382 e. The molecule has 2 aromatic rings. The molecule has 0 saturated heterocycles. The van der Waals surface area contributed by atoms with Crippen LogP contribution < -0.4 is 32.7 Å². The number of anilines is 2. The van der Waals surface area contributed by atoms with Gasteiger partial charge in [0.2, 0.25) is 0 Å². The Hall–Kier alpha value is -3.53. The number of nitrogens with one attached hydrogen (secondary N) is 4. The lowest BCUT2D eigenvalue weighted by molar-refractivity contribution is 0.0972. The first-order valence-corrected chi connectivity index (χ1v) is 10.2. The fourth-order valence-corrected chi connectivity index (χ4v) is 3.08. The first-order valence-electron chi connectivity index (χ1n) is 9.83. The van der Waals surface area contributed by atoms with Crippen LogP contribution in [0, 0.1) is 0 Å². The summed E-state index contributed by atoms with van der Waals surface area (Å²) in [6.45, 7) is 6.05. The molecule has 1 aromatic carbocycles. The third-order valence-electron chi connectivity index (χ3n) is 4.58. The van der Waals surface area contributed by atoms with Gasteiger partial charge >= 0.3 is 0 Å². The summed E-state index contributed by atoms with van der Waals surface area (Å²) in [4.78, 5) is 24.3. The number of hydrogen-bond donors (Lipinski definition) is 6. The molecule has 1 aliphatic heterocycles. The van der Waals surface area contributed by atoms with Gasteiger partial charge in [-0.15, -0.1) is 0 Å². The molecule has 1 aromatic heterocycles. The first kappa shape index (κ1) is 22.2. The highest BCUT2D eigenvalue weighted by Crippen LogP contribution is 2.17. The number of nitrogens with two attached hydrogens (primary N) is 2. The summed E-state index contributed by atoms with van der Waals surface area (Å²) in [5.74, 6) is 0.473. The number of carbonyl (C=O) groups excluding carboxylic acids is 1. The number of guanidine groups is 1. The Labute approximate surface area is 185 Å². The van der Waals surface area contributed by atoms with Gasteiger partial charge in [0.15, 0.2) is 28.4 Å². The molecule has 1 amide bonds. The lowest BCUT2D eigenvalue weighted by atomic mass is 10.1. The number of rotatable bonds is 9. The second-order valence-electron chi connectivity index (χ2n) is 7.00. The maximum atomic E-state index is 12.4. The molecule has 0 bridgehead atoms. The normalized spacial score (nSPS) is 15.0. The van der Waals surface area contributed by atoms with E-state index in [4.69, 9.17) is 23.1 Å². The molecule has 1 atom stereocenters. The number of aliphatic imine (C=N–C) groups is 1. The van der Waals surface area contributed by atoms with Gasteiger partial charge in [-0.05, 0) is 18.4 Å². The van der Waals surface area contributed by atoms with E-state index in [0.29, 0.717) is 12.5 Å². The standard InChI is InChI=1S/C20H26ClN9O/c1-12(25-10-13-6-3-2-4-7-13)24-9-5-8-14-11-26-20(27-14)30-19(31)15-17(22)29-18(23)16(21)28-15/h2-4,6-7,14,24-25H,1,5,8-11H2,(H4,22,23,29)(H2,26,27,30,31)/t14-/m0/s1. The minimum atomic E-state index is -0.554. The Balaban J connectivity index is 1.33. The van der Waals surface area contributed by atoms with Crippen molar-refractivity contribution in [2.24, 2.45) is 4.99 Å². The quantitative estimate of drug-likeness (QED) is 0.313. The topological polar surface area (TPSA) is 155 Å². The van der Waals surface area contributed by atoms with Crippen LogP contribution in [0.1, 0.15) is 28.9 Å². The van der Waals surface area contributed by atoms with Gasteiger partial charge in [0, 0.05) is 19.1 Å². The van der Waals surface area contributed by atoms with E-state index < -0.39 is 5.91 Å². The summed E-state index contributed by atoms with van der Waals surface area (Å²) in [6.07, 6.45) is 1.78. The number of hydrogen-bond acceptors (Lipinski definition) is 9. The zero-order valence-electron chi connectivity index (χ0n) is 17.0. The Morgan fingerprint density at radius 2 is 1.97 bits per heavy atom. The predicted octanol–water partition coefficient (Wildman–Crippen LogP) is 0.983. The maximum absolute atomic E-state index is 12.4. The van der Waals surface area contributed by atoms with Gasteiger partial charge in [0.25, 0.3) is 5.91 Å². The van der Waals surface area contributed by atoms with E-state index in [1.54, 1.807) is 0 Å². The molecule has 0 fully saturated rings.